The summed E-state index contributed by atoms with van der Waals surface area (Å²) in [7, 11) is 0. The smallest absolute Gasteiger partial charge is 0.238 e. The number of halogens is 2. The zero-order valence-corrected chi connectivity index (χ0v) is 23.6. The first kappa shape index (κ1) is 26.1. The third kappa shape index (κ3) is 5.36. The van der Waals surface area contributed by atoms with Crippen LogP contribution >= 0.6 is 34.2 Å². The first-order chi connectivity index (χ1) is 17.3. The van der Waals surface area contributed by atoms with E-state index in [2.05, 4.69) is 61.9 Å². The summed E-state index contributed by atoms with van der Waals surface area (Å²) in [6.07, 6.45) is 4.79. The van der Waals surface area contributed by atoms with Crippen molar-refractivity contribution in [1.29, 1.82) is 0 Å². The largest absolute Gasteiger partial charge is 0.378 e. The highest BCUT2D eigenvalue weighted by molar-refractivity contribution is 14.1. The van der Waals surface area contributed by atoms with E-state index >= 15 is 0 Å². The lowest BCUT2D eigenvalue weighted by atomic mass is 9.94. The minimum Gasteiger partial charge on any atom is -0.378 e. The van der Waals surface area contributed by atoms with Gasteiger partial charge in [0.15, 0.2) is 0 Å². The number of benzene rings is 1. The van der Waals surface area contributed by atoms with Crippen LogP contribution in [0.2, 0.25) is 5.02 Å². The van der Waals surface area contributed by atoms with Crippen LogP contribution in [0.4, 0.5) is 11.6 Å². The molecule has 0 spiro atoms. The van der Waals surface area contributed by atoms with Gasteiger partial charge in [0.05, 0.1) is 3.92 Å². The second kappa shape index (κ2) is 11.1. The number of alkyl halides is 1. The number of nitrogens with one attached hydrogen (secondary N) is 2. The number of piperazine rings is 1. The number of aliphatic hydroxyl groups is 1. The molecular weight excluding hydrogens is 591 g/mol. The average Bonchev–Trinajstić information content (AvgIpc) is 3.19. The van der Waals surface area contributed by atoms with Gasteiger partial charge in [0.2, 0.25) is 5.91 Å². The van der Waals surface area contributed by atoms with Crippen molar-refractivity contribution in [2.24, 2.45) is 0 Å². The van der Waals surface area contributed by atoms with E-state index in [1.165, 1.54) is 0 Å². The van der Waals surface area contributed by atoms with Gasteiger partial charge in [-0.05, 0) is 37.0 Å². The van der Waals surface area contributed by atoms with Crippen LogP contribution in [0.1, 0.15) is 50.2 Å². The van der Waals surface area contributed by atoms with Crippen molar-refractivity contribution in [3.05, 3.63) is 46.7 Å². The van der Waals surface area contributed by atoms with Gasteiger partial charge in [-0.2, -0.15) is 0 Å². The van der Waals surface area contributed by atoms with Gasteiger partial charge < -0.3 is 20.6 Å². The third-order valence-electron chi connectivity index (χ3n) is 7.66. The quantitative estimate of drug-likeness (QED) is 0.321. The molecule has 6 rings (SSSR count). The normalized spacial score (nSPS) is 25.9. The average molecular weight is 625 g/mol. The monoisotopic (exact) mass is 624 g/mol. The fraction of sp³-hybridized carbons (Fsp3) is 0.577. The maximum absolute atomic E-state index is 12.2. The van der Waals surface area contributed by atoms with Gasteiger partial charge >= 0.3 is 0 Å². The molecule has 1 amide bonds. The van der Waals surface area contributed by atoms with Gasteiger partial charge in [-0.25, -0.2) is 9.97 Å². The van der Waals surface area contributed by atoms with Crippen LogP contribution in [-0.4, -0.2) is 73.8 Å². The molecule has 2 bridgehead atoms. The Labute approximate surface area is 231 Å². The van der Waals surface area contributed by atoms with Crippen molar-refractivity contribution in [3.63, 3.8) is 0 Å². The number of hydrogen-bond acceptors (Lipinski definition) is 7. The molecule has 194 valence electrons. The molecule has 2 unspecified atom stereocenters. The first-order valence-corrected chi connectivity index (χ1v) is 14.4. The molecule has 8 nitrogen and oxygen atoms in total. The first-order valence-electron chi connectivity index (χ1n) is 12.8. The minimum atomic E-state index is -0.609. The van der Waals surface area contributed by atoms with Crippen LogP contribution in [0.3, 0.4) is 0 Å². The molecule has 4 aliphatic rings. The highest BCUT2D eigenvalue weighted by Crippen LogP contribution is 2.38. The molecule has 0 saturated carbocycles. The summed E-state index contributed by atoms with van der Waals surface area (Å²) in [4.78, 5) is 26.0. The molecule has 3 N–H and O–H groups in total. The summed E-state index contributed by atoms with van der Waals surface area (Å²) < 4.78 is -0.129. The van der Waals surface area contributed by atoms with Gasteiger partial charge in [0, 0.05) is 60.7 Å². The molecule has 5 atom stereocenters. The number of aliphatic hydroxyl groups excluding tert-OH is 1. The zero-order chi connectivity index (χ0) is 25.4. The van der Waals surface area contributed by atoms with E-state index in [0.29, 0.717) is 29.8 Å². The molecule has 0 aliphatic carbocycles. The second-order valence-electron chi connectivity index (χ2n) is 10.4. The molecular formula is C26H34ClIN6O2. The third-order valence-corrected chi connectivity index (χ3v) is 8.92. The maximum atomic E-state index is 12.2. The Kier molecular flexibility index (Phi) is 8.02. The number of carbonyl (C=O) groups is 1. The lowest BCUT2D eigenvalue weighted by Crippen LogP contribution is -2.61. The zero-order valence-electron chi connectivity index (χ0n) is 20.7. The topological polar surface area (TPSA) is 93.6 Å². The van der Waals surface area contributed by atoms with E-state index in [1.54, 1.807) is 6.33 Å². The fourth-order valence-corrected chi connectivity index (χ4v) is 6.48. The number of anilines is 2. The minimum absolute atomic E-state index is 0.00248. The van der Waals surface area contributed by atoms with E-state index in [1.807, 2.05) is 24.3 Å². The van der Waals surface area contributed by atoms with Crippen molar-refractivity contribution >= 4 is 51.7 Å². The highest BCUT2D eigenvalue weighted by Gasteiger charge is 2.43. The Balaban J connectivity index is 1.40. The van der Waals surface area contributed by atoms with Gasteiger partial charge in [-0.15, -0.1) is 0 Å². The van der Waals surface area contributed by atoms with Gasteiger partial charge in [-0.3, -0.25) is 9.69 Å². The Morgan fingerprint density at radius 2 is 1.94 bits per heavy atom. The number of rotatable bonds is 7. The Hall–Kier alpha value is -1.53. The van der Waals surface area contributed by atoms with Crippen LogP contribution in [0.15, 0.2) is 30.6 Å². The maximum Gasteiger partial charge on any atom is 0.238 e. The van der Waals surface area contributed by atoms with Crippen molar-refractivity contribution in [1.82, 2.24) is 20.2 Å². The van der Waals surface area contributed by atoms with Gasteiger partial charge in [0.1, 0.15) is 24.2 Å². The highest BCUT2D eigenvalue weighted by atomic mass is 127. The molecule has 36 heavy (non-hydrogen) atoms. The lowest BCUT2D eigenvalue weighted by Gasteiger charge is -2.48. The second-order valence-corrected chi connectivity index (χ2v) is 12.3. The molecule has 3 saturated heterocycles. The molecule has 10 heteroatoms. The number of hydrogen-bond donors (Lipinski definition) is 3. The number of carbonyl (C=O) groups excluding carboxylic acids is 1. The molecule has 4 aliphatic heterocycles. The SMILES string of the molecule is CC(C)NC[C@H](c1ccc(Cl)cc1)[C@@H](O)N1CC2CCCC1CN2c1ncnc2c1C[C@H](I)C(=O)N2. The predicted molar refractivity (Wildman–Crippen MR) is 151 cm³/mol. The van der Waals surface area contributed by atoms with E-state index in [-0.39, 0.29) is 27.8 Å². The summed E-state index contributed by atoms with van der Waals surface area (Å²) in [5.41, 5.74) is 2.11. The fourth-order valence-electron chi connectivity index (χ4n) is 5.76. The van der Waals surface area contributed by atoms with E-state index in [9.17, 15) is 9.90 Å². The Bertz CT molecular complexity index is 1090. The van der Waals surface area contributed by atoms with E-state index in [0.717, 1.165) is 49.3 Å². The number of nitrogens with zero attached hydrogens (tertiary/aromatic N) is 4. The molecule has 2 aromatic rings. The Morgan fingerprint density at radius 1 is 1.19 bits per heavy atom. The van der Waals surface area contributed by atoms with Crippen LogP contribution < -0.4 is 15.5 Å². The van der Waals surface area contributed by atoms with Crippen molar-refractivity contribution in [2.75, 3.05) is 29.9 Å². The van der Waals surface area contributed by atoms with E-state index in [4.69, 9.17) is 16.6 Å². The van der Waals surface area contributed by atoms with Crippen LogP contribution in [0.5, 0.6) is 0 Å². The number of fused-ring (bicyclic) bond motifs is 5. The summed E-state index contributed by atoms with van der Waals surface area (Å²) in [6.45, 7) is 6.52. The lowest BCUT2D eigenvalue weighted by molar-refractivity contribution is -0.115. The van der Waals surface area contributed by atoms with Crippen LogP contribution in [0.25, 0.3) is 0 Å². The molecule has 0 radical (unpaired) electrons. The van der Waals surface area contributed by atoms with Crippen LogP contribution in [0, 0.1) is 0 Å². The standard InChI is InChI=1S/C26H34ClIN6O2/c1-15(2)29-11-21(16-6-8-17(27)9-7-16)26(36)34-13-18-4-3-5-19(34)12-33(18)24-20-10-22(28)25(35)32-23(20)30-14-31-24/h6-9,14-15,18-19,21-22,26,29,36H,3-5,10-13H2,1-2H3,(H,30,31,32,35)/t18?,19?,21-,22+,26-/m1/s1. The van der Waals surface area contributed by atoms with Gasteiger partial charge in [0.25, 0.3) is 0 Å². The summed E-state index contributed by atoms with van der Waals surface area (Å²) in [5.74, 6) is 1.50. The summed E-state index contributed by atoms with van der Waals surface area (Å²) in [5, 5.41) is 19.0. The molecule has 1 aromatic heterocycles. The predicted octanol–water partition coefficient (Wildman–Crippen LogP) is 3.57. The summed E-state index contributed by atoms with van der Waals surface area (Å²) in [6, 6.07) is 8.65. The number of aromatic nitrogens is 2. The van der Waals surface area contributed by atoms with Crippen molar-refractivity contribution < 1.29 is 9.90 Å². The summed E-state index contributed by atoms with van der Waals surface area (Å²) >= 11 is 8.35. The molecule has 1 aromatic carbocycles. The van der Waals surface area contributed by atoms with E-state index < -0.39 is 6.23 Å². The van der Waals surface area contributed by atoms with Crippen molar-refractivity contribution in [2.45, 2.75) is 73.7 Å². The number of amides is 1. The van der Waals surface area contributed by atoms with Gasteiger partial charge in [-0.1, -0.05) is 60.2 Å². The Morgan fingerprint density at radius 3 is 2.69 bits per heavy atom. The van der Waals surface area contributed by atoms with Crippen LogP contribution in [-0.2, 0) is 11.2 Å². The molecule has 5 heterocycles. The molecule has 3 fully saturated rings. The van der Waals surface area contributed by atoms with Crippen molar-refractivity contribution in [3.8, 4) is 0 Å².